The van der Waals surface area contributed by atoms with E-state index < -0.39 is 17.9 Å². The molecule has 1 atom stereocenters. The van der Waals surface area contributed by atoms with Crippen molar-refractivity contribution in [2.24, 2.45) is 7.05 Å². The molecule has 0 aromatic carbocycles. The molecular weight excluding hydrogens is 283 g/mol. The first kappa shape index (κ1) is 14.8. The first-order valence-corrected chi connectivity index (χ1v) is 5.79. The number of hydrogen-bond donors (Lipinski definition) is 3. The molecular formula is C10H12Cl2N2O4. The summed E-state index contributed by atoms with van der Waals surface area (Å²) in [6.07, 6.45) is -0.0764. The van der Waals surface area contributed by atoms with Gasteiger partial charge in [0.15, 0.2) is 0 Å². The number of amides is 1. The number of aromatic nitrogens is 1. The molecule has 0 bridgehead atoms. The van der Waals surface area contributed by atoms with E-state index in [9.17, 15) is 9.59 Å². The fourth-order valence-electron chi connectivity index (χ4n) is 1.38. The monoisotopic (exact) mass is 294 g/mol. The van der Waals surface area contributed by atoms with Crippen LogP contribution in [0.15, 0.2) is 6.07 Å². The first-order chi connectivity index (χ1) is 8.38. The quantitative estimate of drug-likeness (QED) is 0.752. The van der Waals surface area contributed by atoms with E-state index in [1.165, 1.54) is 17.7 Å². The minimum atomic E-state index is -1.22. The normalized spacial score (nSPS) is 12.2. The third-order valence-corrected chi connectivity index (χ3v) is 3.21. The van der Waals surface area contributed by atoms with Gasteiger partial charge in [0.2, 0.25) is 0 Å². The number of halogens is 2. The Labute approximate surface area is 113 Å². The van der Waals surface area contributed by atoms with Crippen molar-refractivity contribution < 1.29 is 19.8 Å². The predicted molar refractivity (Wildman–Crippen MR) is 66.0 cm³/mol. The van der Waals surface area contributed by atoms with E-state index >= 15 is 0 Å². The molecule has 0 aliphatic carbocycles. The van der Waals surface area contributed by atoms with Crippen LogP contribution in [0.5, 0.6) is 0 Å². The summed E-state index contributed by atoms with van der Waals surface area (Å²) in [7, 11) is 1.53. The molecule has 1 amide bonds. The standard InChI is InChI=1S/C10H12Cl2N2O4/c1-14-7(4-5(11)8(14)12)9(16)13-6(2-3-15)10(17)18/h4,6,15H,2-3H2,1H3,(H,13,16)(H,17,18)/t6-/m0/s1. The Kier molecular flexibility index (Phi) is 5.01. The lowest BCUT2D eigenvalue weighted by Gasteiger charge is -2.13. The van der Waals surface area contributed by atoms with Gasteiger partial charge >= 0.3 is 5.97 Å². The van der Waals surface area contributed by atoms with Gasteiger partial charge in [-0.15, -0.1) is 0 Å². The second kappa shape index (κ2) is 6.08. The minimum absolute atomic E-state index is 0.0764. The smallest absolute Gasteiger partial charge is 0.326 e. The Morgan fingerprint density at radius 3 is 2.50 bits per heavy atom. The highest BCUT2D eigenvalue weighted by atomic mass is 35.5. The number of rotatable bonds is 5. The second-order valence-corrected chi connectivity index (χ2v) is 4.37. The van der Waals surface area contributed by atoms with E-state index in [1.807, 2.05) is 0 Å². The fourth-order valence-corrected chi connectivity index (χ4v) is 1.75. The van der Waals surface area contributed by atoms with Gasteiger partial charge in [0.05, 0.1) is 5.02 Å². The van der Waals surface area contributed by atoms with Crippen LogP contribution >= 0.6 is 23.2 Å². The molecule has 0 spiro atoms. The Hall–Kier alpha value is -1.24. The average Bonchev–Trinajstić information content (AvgIpc) is 2.56. The third-order valence-electron chi connectivity index (χ3n) is 2.37. The highest BCUT2D eigenvalue weighted by Gasteiger charge is 2.22. The summed E-state index contributed by atoms with van der Waals surface area (Å²) in [5, 5.41) is 20.2. The van der Waals surface area contributed by atoms with Crippen LogP contribution in [0.1, 0.15) is 16.9 Å². The molecule has 18 heavy (non-hydrogen) atoms. The number of hydrogen-bond acceptors (Lipinski definition) is 3. The maximum Gasteiger partial charge on any atom is 0.326 e. The van der Waals surface area contributed by atoms with Crippen molar-refractivity contribution in [3.05, 3.63) is 21.9 Å². The molecule has 0 aliphatic heterocycles. The number of aliphatic hydroxyl groups excluding tert-OH is 1. The van der Waals surface area contributed by atoms with E-state index in [0.717, 1.165) is 0 Å². The molecule has 6 nitrogen and oxygen atoms in total. The molecule has 8 heteroatoms. The lowest BCUT2D eigenvalue weighted by molar-refractivity contribution is -0.139. The average molecular weight is 295 g/mol. The van der Waals surface area contributed by atoms with Gasteiger partial charge < -0.3 is 20.1 Å². The van der Waals surface area contributed by atoms with Gasteiger partial charge in [0.25, 0.3) is 5.91 Å². The maximum atomic E-state index is 11.8. The Morgan fingerprint density at radius 1 is 1.50 bits per heavy atom. The van der Waals surface area contributed by atoms with Gasteiger partial charge in [-0.2, -0.15) is 0 Å². The lowest BCUT2D eigenvalue weighted by Crippen LogP contribution is -2.41. The Balaban J connectivity index is 2.87. The molecule has 0 saturated carbocycles. The van der Waals surface area contributed by atoms with Crippen molar-refractivity contribution in [3.63, 3.8) is 0 Å². The van der Waals surface area contributed by atoms with Crippen LogP contribution in [0, 0.1) is 0 Å². The molecule has 100 valence electrons. The third kappa shape index (κ3) is 3.16. The molecule has 1 aromatic heterocycles. The first-order valence-electron chi connectivity index (χ1n) is 5.03. The number of carboxylic acid groups (broad SMARTS) is 1. The van der Waals surface area contributed by atoms with Gasteiger partial charge in [-0.05, 0) is 6.07 Å². The van der Waals surface area contributed by atoms with E-state index in [0.29, 0.717) is 0 Å². The van der Waals surface area contributed by atoms with Gasteiger partial charge in [0.1, 0.15) is 16.9 Å². The SMILES string of the molecule is Cn1c(C(=O)N[C@@H](CCO)C(=O)O)cc(Cl)c1Cl. The van der Waals surface area contributed by atoms with Crippen LogP contribution in [-0.2, 0) is 11.8 Å². The molecule has 0 fully saturated rings. The fraction of sp³-hybridized carbons (Fsp3) is 0.400. The van der Waals surface area contributed by atoms with E-state index in [2.05, 4.69) is 5.32 Å². The van der Waals surface area contributed by atoms with Gasteiger partial charge in [-0.3, -0.25) is 4.79 Å². The minimum Gasteiger partial charge on any atom is -0.480 e. The van der Waals surface area contributed by atoms with Crippen LogP contribution < -0.4 is 5.32 Å². The number of aliphatic carboxylic acids is 1. The van der Waals surface area contributed by atoms with Crippen molar-refractivity contribution in [2.45, 2.75) is 12.5 Å². The van der Waals surface area contributed by atoms with Crippen LogP contribution in [0.2, 0.25) is 10.2 Å². The summed E-state index contributed by atoms with van der Waals surface area (Å²) in [6, 6.07) is 0.187. The Bertz CT molecular complexity index is 473. The molecule has 1 aromatic rings. The number of carboxylic acids is 1. The zero-order valence-electron chi connectivity index (χ0n) is 9.48. The molecule has 1 heterocycles. The second-order valence-electron chi connectivity index (χ2n) is 3.60. The largest absolute Gasteiger partial charge is 0.480 e. The van der Waals surface area contributed by atoms with E-state index in [4.69, 9.17) is 33.4 Å². The summed E-state index contributed by atoms with van der Waals surface area (Å²) in [6.45, 7) is -0.341. The van der Waals surface area contributed by atoms with Crippen molar-refractivity contribution in [3.8, 4) is 0 Å². The summed E-state index contributed by atoms with van der Waals surface area (Å²) in [4.78, 5) is 22.7. The van der Waals surface area contributed by atoms with Crippen molar-refractivity contribution in [1.82, 2.24) is 9.88 Å². The topological polar surface area (TPSA) is 91.6 Å². The number of carbonyl (C=O) groups excluding carboxylic acids is 1. The number of carbonyl (C=O) groups is 2. The number of nitrogens with zero attached hydrogens (tertiary/aromatic N) is 1. The molecule has 0 aliphatic rings. The van der Waals surface area contributed by atoms with Crippen molar-refractivity contribution in [2.75, 3.05) is 6.61 Å². The summed E-state index contributed by atoms with van der Waals surface area (Å²) >= 11 is 11.5. The van der Waals surface area contributed by atoms with Crippen LogP contribution in [0.4, 0.5) is 0 Å². The van der Waals surface area contributed by atoms with Crippen molar-refractivity contribution in [1.29, 1.82) is 0 Å². The highest BCUT2D eigenvalue weighted by molar-refractivity contribution is 6.41. The molecule has 0 unspecified atom stereocenters. The number of aliphatic hydroxyl groups is 1. The summed E-state index contributed by atoms with van der Waals surface area (Å²) in [5.74, 6) is -1.84. The summed E-state index contributed by atoms with van der Waals surface area (Å²) < 4.78 is 1.34. The summed E-state index contributed by atoms with van der Waals surface area (Å²) in [5.41, 5.74) is 0.147. The van der Waals surface area contributed by atoms with Gasteiger partial charge in [-0.1, -0.05) is 23.2 Å². The molecule has 3 N–H and O–H groups in total. The maximum absolute atomic E-state index is 11.8. The zero-order chi connectivity index (χ0) is 13.9. The number of nitrogens with one attached hydrogen (secondary N) is 1. The molecule has 0 saturated heterocycles. The van der Waals surface area contributed by atoms with E-state index in [1.54, 1.807) is 0 Å². The molecule has 1 rings (SSSR count). The van der Waals surface area contributed by atoms with Crippen LogP contribution in [-0.4, -0.2) is 39.3 Å². The Morgan fingerprint density at radius 2 is 2.11 bits per heavy atom. The molecule has 0 radical (unpaired) electrons. The van der Waals surface area contributed by atoms with Gasteiger partial charge in [0, 0.05) is 20.1 Å². The van der Waals surface area contributed by atoms with Gasteiger partial charge in [-0.25, -0.2) is 4.79 Å². The van der Waals surface area contributed by atoms with Crippen LogP contribution in [0.25, 0.3) is 0 Å². The van der Waals surface area contributed by atoms with Crippen molar-refractivity contribution >= 4 is 35.1 Å². The lowest BCUT2D eigenvalue weighted by atomic mass is 10.2. The van der Waals surface area contributed by atoms with Crippen LogP contribution in [0.3, 0.4) is 0 Å². The highest BCUT2D eigenvalue weighted by Crippen LogP contribution is 2.25. The predicted octanol–water partition coefficient (Wildman–Crippen LogP) is 0.897. The van der Waals surface area contributed by atoms with E-state index in [-0.39, 0.29) is 28.9 Å². The zero-order valence-corrected chi connectivity index (χ0v) is 11.0.